The first-order valence-electron chi connectivity index (χ1n) is 5.10. The Bertz CT molecular complexity index is 582. The maximum atomic E-state index is 10.6. The molecule has 0 atom stereocenters. The number of aliphatic carboxylic acids is 1. The Labute approximate surface area is 116 Å². The van der Waals surface area contributed by atoms with Crippen LogP contribution in [0.5, 0.6) is 5.75 Å². The van der Waals surface area contributed by atoms with E-state index in [1.54, 1.807) is 12.5 Å². The minimum atomic E-state index is -0.881. The van der Waals surface area contributed by atoms with Gasteiger partial charge in [-0.15, -0.1) is 11.3 Å². The van der Waals surface area contributed by atoms with Crippen molar-refractivity contribution in [2.75, 3.05) is 7.11 Å². The molecule has 0 radical (unpaired) electrons. The Balaban J connectivity index is 2.38. The first kappa shape index (κ1) is 13.0. The number of ether oxygens (including phenoxy) is 1. The number of halogens is 1. The molecule has 0 bridgehead atoms. The van der Waals surface area contributed by atoms with Gasteiger partial charge >= 0.3 is 5.97 Å². The summed E-state index contributed by atoms with van der Waals surface area (Å²) in [5, 5.41) is 11.2. The van der Waals surface area contributed by atoms with E-state index < -0.39 is 5.97 Å². The minimum Gasteiger partial charge on any atom is -0.496 e. The first-order chi connectivity index (χ1) is 8.60. The van der Waals surface area contributed by atoms with Crippen molar-refractivity contribution in [1.82, 2.24) is 4.98 Å². The molecular formula is C12H10BrNO3S. The van der Waals surface area contributed by atoms with E-state index in [1.807, 2.05) is 18.2 Å². The Morgan fingerprint density at radius 1 is 1.56 bits per heavy atom. The van der Waals surface area contributed by atoms with Gasteiger partial charge in [-0.2, -0.15) is 0 Å². The van der Waals surface area contributed by atoms with Crippen LogP contribution in [0.15, 0.2) is 28.1 Å². The molecule has 2 aromatic rings. The molecule has 0 fully saturated rings. The van der Waals surface area contributed by atoms with Crippen molar-refractivity contribution in [2.45, 2.75) is 6.42 Å². The highest BCUT2D eigenvalue weighted by atomic mass is 79.9. The lowest BCUT2D eigenvalue weighted by atomic mass is 10.2. The number of hydrogen-bond donors (Lipinski definition) is 1. The predicted octanol–water partition coefficient (Wildman–Crippen LogP) is 3.21. The lowest BCUT2D eigenvalue weighted by molar-refractivity contribution is -0.136. The van der Waals surface area contributed by atoms with Crippen LogP contribution in [0, 0.1) is 0 Å². The molecule has 1 aromatic carbocycles. The van der Waals surface area contributed by atoms with E-state index in [1.165, 1.54) is 11.3 Å². The predicted molar refractivity (Wildman–Crippen MR) is 73.1 cm³/mol. The van der Waals surface area contributed by atoms with Gasteiger partial charge in [0, 0.05) is 9.85 Å². The van der Waals surface area contributed by atoms with Gasteiger partial charge in [-0.05, 0) is 18.2 Å². The van der Waals surface area contributed by atoms with Gasteiger partial charge in [0.1, 0.15) is 10.8 Å². The third-order valence-electron chi connectivity index (χ3n) is 2.28. The molecule has 1 heterocycles. The first-order valence-corrected chi connectivity index (χ1v) is 6.77. The molecule has 94 valence electrons. The van der Waals surface area contributed by atoms with Crippen LogP contribution < -0.4 is 4.74 Å². The highest BCUT2D eigenvalue weighted by Gasteiger charge is 2.12. The van der Waals surface area contributed by atoms with Crippen LogP contribution in [0.3, 0.4) is 0 Å². The number of rotatable bonds is 4. The lowest BCUT2D eigenvalue weighted by Gasteiger charge is -2.06. The SMILES string of the molecule is COc1ccc(Br)cc1-c1nc(CC(=O)O)cs1. The zero-order chi connectivity index (χ0) is 13.1. The number of benzene rings is 1. The summed E-state index contributed by atoms with van der Waals surface area (Å²) in [4.78, 5) is 14.9. The van der Waals surface area contributed by atoms with Crippen molar-refractivity contribution < 1.29 is 14.6 Å². The molecule has 4 nitrogen and oxygen atoms in total. The molecule has 0 saturated heterocycles. The van der Waals surface area contributed by atoms with Crippen LogP contribution in [-0.4, -0.2) is 23.2 Å². The van der Waals surface area contributed by atoms with E-state index >= 15 is 0 Å². The second kappa shape index (κ2) is 5.49. The highest BCUT2D eigenvalue weighted by molar-refractivity contribution is 9.10. The topological polar surface area (TPSA) is 59.4 Å². The third-order valence-corrected chi connectivity index (χ3v) is 3.69. The Kier molecular flexibility index (Phi) is 3.98. The van der Waals surface area contributed by atoms with Crippen LogP contribution in [-0.2, 0) is 11.2 Å². The summed E-state index contributed by atoms with van der Waals surface area (Å²) in [5.41, 5.74) is 1.41. The number of methoxy groups -OCH3 is 1. The van der Waals surface area contributed by atoms with Gasteiger partial charge < -0.3 is 9.84 Å². The zero-order valence-electron chi connectivity index (χ0n) is 9.51. The van der Waals surface area contributed by atoms with E-state index in [0.29, 0.717) is 5.69 Å². The maximum absolute atomic E-state index is 10.6. The van der Waals surface area contributed by atoms with Crippen molar-refractivity contribution in [3.05, 3.63) is 33.7 Å². The fourth-order valence-corrected chi connectivity index (χ4v) is 2.72. The molecule has 1 aromatic heterocycles. The molecule has 0 aliphatic rings. The summed E-state index contributed by atoms with van der Waals surface area (Å²) in [6, 6.07) is 5.63. The molecule has 0 aliphatic heterocycles. The smallest absolute Gasteiger partial charge is 0.309 e. The fourth-order valence-electron chi connectivity index (χ4n) is 1.51. The quantitative estimate of drug-likeness (QED) is 0.936. The fraction of sp³-hybridized carbons (Fsp3) is 0.167. The molecule has 0 unspecified atom stereocenters. The monoisotopic (exact) mass is 327 g/mol. The average Bonchev–Trinajstić information content (AvgIpc) is 2.76. The van der Waals surface area contributed by atoms with E-state index in [0.717, 1.165) is 20.8 Å². The van der Waals surface area contributed by atoms with Gasteiger partial charge in [0.05, 0.1) is 24.8 Å². The second-order valence-corrected chi connectivity index (χ2v) is 5.33. The Morgan fingerprint density at radius 2 is 2.33 bits per heavy atom. The summed E-state index contributed by atoms with van der Waals surface area (Å²) in [6.07, 6.45) is -0.0627. The van der Waals surface area contributed by atoms with Gasteiger partial charge in [0.25, 0.3) is 0 Å². The molecular weight excluding hydrogens is 318 g/mol. The van der Waals surface area contributed by atoms with Crippen LogP contribution in [0.2, 0.25) is 0 Å². The molecule has 0 saturated carbocycles. The zero-order valence-corrected chi connectivity index (χ0v) is 11.9. The Hall–Kier alpha value is -1.40. The van der Waals surface area contributed by atoms with Crippen LogP contribution in [0.1, 0.15) is 5.69 Å². The van der Waals surface area contributed by atoms with Gasteiger partial charge in [0.15, 0.2) is 0 Å². The van der Waals surface area contributed by atoms with Gasteiger partial charge in [0.2, 0.25) is 0 Å². The van der Waals surface area contributed by atoms with Gasteiger partial charge in [-0.3, -0.25) is 4.79 Å². The van der Waals surface area contributed by atoms with Crippen molar-refractivity contribution in [2.24, 2.45) is 0 Å². The summed E-state index contributed by atoms with van der Waals surface area (Å²) < 4.78 is 6.20. The lowest BCUT2D eigenvalue weighted by Crippen LogP contribution is -2.00. The van der Waals surface area contributed by atoms with E-state index in [2.05, 4.69) is 20.9 Å². The van der Waals surface area contributed by atoms with E-state index in [4.69, 9.17) is 9.84 Å². The molecule has 1 N–H and O–H groups in total. The number of hydrogen-bond acceptors (Lipinski definition) is 4. The van der Waals surface area contributed by atoms with E-state index in [-0.39, 0.29) is 6.42 Å². The summed E-state index contributed by atoms with van der Waals surface area (Å²) >= 11 is 4.80. The molecule has 6 heteroatoms. The summed E-state index contributed by atoms with van der Waals surface area (Å²) in [5.74, 6) is -0.164. The number of carboxylic acid groups (broad SMARTS) is 1. The maximum Gasteiger partial charge on any atom is 0.309 e. The largest absolute Gasteiger partial charge is 0.496 e. The van der Waals surface area contributed by atoms with Crippen molar-refractivity contribution in [3.8, 4) is 16.3 Å². The Morgan fingerprint density at radius 3 is 3.00 bits per heavy atom. The van der Waals surface area contributed by atoms with Crippen LogP contribution in [0.4, 0.5) is 0 Å². The normalized spacial score (nSPS) is 10.3. The van der Waals surface area contributed by atoms with Crippen molar-refractivity contribution in [1.29, 1.82) is 0 Å². The highest BCUT2D eigenvalue weighted by Crippen LogP contribution is 2.34. The summed E-state index contributed by atoms with van der Waals surface area (Å²) in [7, 11) is 1.60. The number of thiazole rings is 1. The average molecular weight is 328 g/mol. The standard InChI is InChI=1S/C12H10BrNO3S/c1-17-10-3-2-7(13)4-9(10)12-14-8(6-18-12)5-11(15)16/h2-4,6H,5H2,1H3,(H,15,16). The van der Waals surface area contributed by atoms with Gasteiger partial charge in [-0.25, -0.2) is 4.98 Å². The molecule has 0 spiro atoms. The second-order valence-electron chi connectivity index (χ2n) is 3.56. The number of carboxylic acids is 1. The van der Waals surface area contributed by atoms with Gasteiger partial charge in [-0.1, -0.05) is 15.9 Å². The minimum absolute atomic E-state index is 0.0627. The van der Waals surface area contributed by atoms with Crippen LogP contribution >= 0.6 is 27.3 Å². The third kappa shape index (κ3) is 2.88. The van der Waals surface area contributed by atoms with Crippen molar-refractivity contribution in [3.63, 3.8) is 0 Å². The number of nitrogens with zero attached hydrogens (tertiary/aromatic N) is 1. The number of aromatic nitrogens is 1. The van der Waals surface area contributed by atoms with Crippen molar-refractivity contribution >= 4 is 33.2 Å². The molecule has 0 aliphatic carbocycles. The summed E-state index contributed by atoms with van der Waals surface area (Å²) in [6.45, 7) is 0. The molecule has 2 rings (SSSR count). The van der Waals surface area contributed by atoms with E-state index in [9.17, 15) is 4.79 Å². The van der Waals surface area contributed by atoms with Crippen LogP contribution in [0.25, 0.3) is 10.6 Å². The molecule has 18 heavy (non-hydrogen) atoms. The molecule has 0 amide bonds. The number of carbonyl (C=O) groups is 1.